The number of oxazole rings is 1. The second-order valence-electron chi connectivity index (χ2n) is 3.30. The lowest BCUT2D eigenvalue weighted by molar-refractivity contribution is 0.0958. The van der Waals surface area contributed by atoms with Gasteiger partial charge in [-0.05, 0) is 19.4 Å². The maximum absolute atomic E-state index is 11.2. The smallest absolute Gasteiger partial charge is 0.272 e. The SMILES string of the molecule is CNC(=O)c1coc(C2CCCN2)n1. The van der Waals surface area contributed by atoms with Crippen LogP contribution in [0.4, 0.5) is 0 Å². The molecule has 2 heterocycles. The molecule has 1 fully saturated rings. The molecule has 2 rings (SSSR count). The number of carbonyl (C=O) groups is 1. The van der Waals surface area contributed by atoms with Crippen LogP contribution < -0.4 is 10.6 Å². The van der Waals surface area contributed by atoms with E-state index in [2.05, 4.69) is 15.6 Å². The zero-order valence-electron chi connectivity index (χ0n) is 8.04. The number of aromatic nitrogens is 1. The van der Waals surface area contributed by atoms with E-state index in [1.165, 1.54) is 6.26 Å². The number of nitrogens with zero attached hydrogens (tertiary/aromatic N) is 1. The van der Waals surface area contributed by atoms with Gasteiger partial charge in [-0.3, -0.25) is 4.79 Å². The van der Waals surface area contributed by atoms with Crippen molar-refractivity contribution in [1.82, 2.24) is 15.6 Å². The summed E-state index contributed by atoms with van der Waals surface area (Å²) in [6.45, 7) is 0.988. The molecule has 5 heteroatoms. The van der Waals surface area contributed by atoms with Crippen molar-refractivity contribution in [2.75, 3.05) is 13.6 Å². The molecule has 0 bridgehead atoms. The lowest BCUT2D eigenvalue weighted by Gasteiger charge is -2.02. The molecule has 1 saturated heterocycles. The maximum Gasteiger partial charge on any atom is 0.272 e. The normalized spacial score (nSPS) is 21.1. The first-order valence-electron chi connectivity index (χ1n) is 4.72. The number of amides is 1. The van der Waals surface area contributed by atoms with E-state index in [9.17, 15) is 4.79 Å². The van der Waals surface area contributed by atoms with E-state index in [1.54, 1.807) is 7.05 Å². The fourth-order valence-electron chi connectivity index (χ4n) is 1.58. The average molecular weight is 195 g/mol. The fraction of sp³-hybridized carbons (Fsp3) is 0.556. The molecule has 1 aromatic heterocycles. The van der Waals surface area contributed by atoms with Crippen LogP contribution >= 0.6 is 0 Å². The third-order valence-corrected chi connectivity index (χ3v) is 2.34. The molecule has 0 aliphatic carbocycles. The molecular weight excluding hydrogens is 182 g/mol. The topological polar surface area (TPSA) is 67.2 Å². The van der Waals surface area contributed by atoms with Crippen LogP contribution in [-0.4, -0.2) is 24.5 Å². The summed E-state index contributed by atoms with van der Waals surface area (Å²) in [6.07, 6.45) is 3.55. The molecule has 1 amide bonds. The van der Waals surface area contributed by atoms with Crippen molar-refractivity contribution in [2.45, 2.75) is 18.9 Å². The molecule has 1 aliphatic heterocycles. The third-order valence-electron chi connectivity index (χ3n) is 2.34. The van der Waals surface area contributed by atoms with Crippen LogP contribution in [0.25, 0.3) is 0 Å². The minimum absolute atomic E-state index is 0.174. The zero-order chi connectivity index (χ0) is 9.97. The van der Waals surface area contributed by atoms with Gasteiger partial charge in [0.05, 0.1) is 6.04 Å². The number of hydrogen-bond acceptors (Lipinski definition) is 4. The van der Waals surface area contributed by atoms with E-state index < -0.39 is 0 Å². The fourth-order valence-corrected chi connectivity index (χ4v) is 1.58. The quantitative estimate of drug-likeness (QED) is 0.719. The van der Waals surface area contributed by atoms with Crippen molar-refractivity contribution in [2.24, 2.45) is 0 Å². The standard InChI is InChI=1S/C9H13N3O2/c1-10-8(13)7-5-14-9(12-7)6-3-2-4-11-6/h5-6,11H,2-4H2,1H3,(H,10,13). The highest BCUT2D eigenvalue weighted by atomic mass is 16.3. The van der Waals surface area contributed by atoms with E-state index in [-0.39, 0.29) is 11.9 Å². The Morgan fingerprint density at radius 3 is 3.29 bits per heavy atom. The molecule has 76 valence electrons. The largest absolute Gasteiger partial charge is 0.446 e. The summed E-state index contributed by atoms with van der Waals surface area (Å²) < 4.78 is 5.24. The van der Waals surface area contributed by atoms with Gasteiger partial charge in [-0.2, -0.15) is 0 Å². The van der Waals surface area contributed by atoms with Crippen molar-refractivity contribution in [3.63, 3.8) is 0 Å². The van der Waals surface area contributed by atoms with Gasteiger partial charge in [-0.1, -0.05) is 0 Å². The molecule has 2 N–H and O–H groups in total. The van der Waals surface area contributed by atoms with Gasteiger partial charge in [0.2, 0.25) is 5.89 Å². The molecule has 0 aromatic carbocycles. The summed E-state index contributed by atoms with van der Waals surface area (Å²) >= 11 is 0. The molecule has 5 nitrogen and oxygen atoms in total. The first-order chi connectivity index (χ1) is 6.81. The average Bonchev–Trinajstić information content (AvgIpc) is 2.86. The highest BCUT2D eigenvalue weighted by Crippen LogP contribution is 2.21. The van der Waals surface area contributed by atoms with E-state index in [4.69, 9.17) is 4.42 Å². The Balaban J connectivity index is 2.12. The molecule has 0 radical (unpaired) electrons. The Hall–Kier alpha value is -1.36. The van der Waals surface area contributed by atoms with Gasteiger partial charge in [-0.15, -0.1) is 0 Å². The van der Waals surface area contributed by atoms with E-state index in [1.807, 2.05) is 0 Å². The van der Waals surface area contributed by atoms with Crippen LogP contribution in [0.1, 0.15) is 35.3 Å². The Kier molecular flexibility index (Phi) is 2.49. The first-order valence-corrected chi connectivity index (χ1v) is 4.72. The van der Waals surface area contributed by atoms with Crippen LogP contribution in [-0.2, 0) is 0 Å². The Bertz CT molecular complexity index is 329. The lowest BCUT2D eigenvalue weighted by Crippen LogP contribution is -2.19. The van der Waals surface area contributed by atoms with Crippen molar-refractivity contribution in [3.05, 3.63) is 17.8 Å². The van der Waals surface area contributed by atoms with E-state index >= 15 is 0 Å². The van der Waals surface area contributed by atoms with Gasteiger partial charge >= 0.3 is 0 Å². The molecule has 1 aromatic rings. The summed E-state index contributed by atoms with van der Waals surface area (Å²) in [5.41, 5.74) is 0.344. The molecule has 1 unspecified atom stereocenters. The van der Waals surface area contributed by atoms with Crippen molar-refractivity contribution < 1.29 is 9.21 Å². The summed E-state index contributed by atoms with van der Waals surface area (Å²) in [5, 5.41) is 5.76. The van der Waals surface area contributed by atoms with Crippen LogP contribution in [0.15, 0.2) is 10.7 Å². The van der Waals surface area contributed by atoms with Gasteiger partial charge in [0.1, 0.15) is 6.26 Å². The Morgan fingerprint density at radius 1 is 1.79 bits per heavy atom. The monoisotopic (exact) mass is 195 g/mol. The third kappa shape index (κ3) is 1.63. The number of rotatable bonds is 2. The lowest BCUT2D eigenvalue weighted by atomic mass is 10.2. The Morgan fingerprint density at radius 2 is 2.64 bits per heavy atom. The van der Waals surface area contributed by atoms with Gasteiger partial charge in [0.15, 0.2) is 5.69 Å². The van der Waals surface area contributed by atoms with E-state index in [0.29, 0.717) is 11.6 Å². The second kappa shape index (κ2) is 3.79. The van der Waals surface area contributed by atoms with E-state index in [0.717, 1.165) is 19.4 Å². The van der Waals surface area contributed by atoms with Crippen LogP contribution in [0.5, 0.6) is 0 Å². The zero-order valence-corrected chi connectivity index (χ0v) is 8.04. The van der Waals surface area contributed by atoms with Crippen molar-refractivity contribution >= 4 is 5.91 Å². The Labute approximate surface area is 81.9 Å². The molecular formula is C9H13N3O2. The predicted octanol–water partition coefficient (Wildman–Crippen LogP) is 0.459. The predicted molar refractivity (Wildman–Crippen MR) is 49.9 cm³/mol. The minimum Gasteiger partial charge on any atom is -0.446 e. The van der Waals surface area contributed by atoms with Crippen molar-refractivity contribution in [1.29, 1.82) is 0 Å². The summed E-state index contributed by atoms with van der Waals surface area (Å²) in [6, 6.07) is 0.174. The highest BCUT2D eigenvalue weighted by Gasteiger charge is 2.22. The number of hydrogen-bond donors (Lipinski definition) is 2. The van der Waals surface area contributed by atoms with Gasteiger partial charge in [-0.25, -0.2) is 4.98 Å². The summed E-state index contributed by atoms with van der Waals surface area (Å²) in [4.78, 5) is 15.3. The molecule has 1 aliphatic rings. The van der Waals surface area contributed by atoms with Gasteiger partial charge < -0.3 is 15.1 Å². The molecule has 0 saturated carbocycles. The van der Waals surface area contributed by atoms with Gasteiger partial charge in [0, 0.05) is 7.05 Å². The number of nitrogens with one attached hydrogen (secondary N) is 2. The minimum atomic E-state index is -0.210. The second-order valence-corrected chi connectivity index (χ2v) is 3.30. The highest BCUT2D eigenvalue weighted by molar-refractivity contribution is 5.91. The van der Waals surface area contributed by atoms with Crippen LogP contribution in [0.2, 0.25) is 0 Å². The molecule has 1 atom stereocenters. The van der Waals surface area contributed by atoms with Gasteiger partial charge in [0.25, 0.3) is 5.91 Å². The summed E-state index contributed by atoms with van der Waals surface area (Å²) in [5.74, 6) is 0.402. The molecule has 0 spiro atoms. The van der Waals surface area contributed by atoms with Crippen LogP contribution in [0.3, 0.4) is 0 Å². The summed E-state index contributed by atoms with van der Waals surface area (Å²) in [7, 11) is 1.57. The number of carbonyl (C=O) groups excluding carboxylic acids is 1. The van der Waals surface area contributed by atoms with Crippen LogP contribution in [0, 0.1) is 0 Å². The molecule has 14 heavy (non-hydrogen) atoms. The van der Waals surface area contributed by atoms with Crippen molar-refractivity contribution in [3.8, 4) is 0 Å². The first kappa shape index (κ1) is 9.21. The maximum atomic E-state index is 11.2.